The molecule has 1 saturated heterocycles. The molecule has 1 aromatic rings. The van der Waals surface area contributed by atoms with Crippen molar-refractivity contribution in [1.29, 1.82) is 0 Å². The molecule has 0 saturated carbocycles. The van der Waals surface area contributed by atoms with Gasteiger partial charge in [-0.2, -0.15) is 0 Å². The van der Waals surface area contributed by atoms with E-state index in [-0.39, 0.29) is 56.2 Å². The van der Waals surface area contributed by atoms with Crippen LogP contribution in [0.4, 0.5) is 0 Å². The van der Waals surface area contributed by atoms with Crippen molar-refractivity contribution in [3.05, 3.63) is 41.1 Å². The number of rotatable bonds is 3. The molecule has 1 aliphatic carbocycles. The Morgan fingerprint density at radius 2 is 1.60 bits per heavy atom. The maximum Gasteiger partial charge on any atom is 0.133 e. The van der Waals surface area contributed by atoms with E-state index >= 15 is 0 Å². The van der Waals surface area contributed by atoms with Gasteiger partial charge in [0.25, 0.3) is 0 Å². The van der Waals surface area contributed by atoms with Gasteiger partial charge in [0.15, 0.2) is 0 Å². The van der Waals surface area contributed by atoms with E-state index in [0.717, 1.165) is 0 Å². The van der Waals surface area contributed by atoms with E-state index < -0.39 is 8.24 Å². The molecule has 0 amide bonds. The van der Waals surface area contributed by atoms with Crippen LogP contribution in [0.2, 0.25) is 13.1 Å². The van der Waals surface area contributed by atoms with E-state index in [1.807, 2.05) is 0 Å². The van der Waals surface area contributed by atoms with E-state index in [9.17, 15) is 0 Å². The number of benzene rings is 1. The van der Waals surface area contributed by atoms with E-state index in [2.05, 4.69) is 74.1 Å². The van der Waals surface area contributed by atoms with Gasteiger partial charge in [-0.25, -0.2) is 0 Å². The summed E-state index contributed by atoms with van der Waals surface area (Å²) >= 11 is 0. The zero-order valence-corrected chi connectivity index (χ0v) is 22.1. The third kappa shape index (κ3) is 5.68. The van der Waals surface area contributed by atoms with Crippen LogP contribution >= 0.6 is 0 Å². The third-order valence-electron chi connectivity index (χ3n) is 4.80. The summed E-state index contributed by atoms with van der Waals surface area (Å²) in [6.45, 7) is 14.3. The van der Waals surface area contributed by atoms with E-state index in [1.54, 1.807) is 5.70 Å². The van der Waals surface area contributed by atoms with Gasteiger partial charge in [-0.05, 0) is 50.8 Å². The Bertz CT molecular complexity index is 593. The second kappa shape index (κ2) is 9.54. The number of allylic oxidation sites excluding steroid dienone is 1. The van der Waals surface area contributed by atoms with Crippen molar-refractivity contribution >= 4 is 14.3 Å². The molecule has 6 heteroatoms. The minimum atomic E-state index is -1.65. The first-order valence-corrected chi connectivity index (χ1v) is 11.7. The van der Waals surface area contributed by atoms with Crippen LogP contribution in [0, 0.1) is 0 Å². The number of nitrogens with zero attached hydrogens (tertiary/aromatic N) is 1. The fourth-order valence-electron chi connectivity index (χ4n) is 4.35. The first kappa shape index (κ1) is 25.4. The molecule has 1 aliphatic heterocycles. The van der Waals surface area contributed by atoms with Gasteiger partial charge in [0.05, 0.1) is 0 Å². The SMILES string of the molecule is CC(C)(C)N[Si](C)(C)C1C(N2CCCC2)=Cc2ccccc21.[Cl-].[Cl-].[Hf]. The van der Waals surface area contributed by atoms with Gasteiger partial charge < -0.3 is 34.7 Å². The summed E-state index contributed by atoms with van der Waals surface area (Å²) in [5.74, 6) is 0. The summed E-state index contributed by atoms with van der Waals surface area (Å²) in [5.41, 5.74) is 5.29. The van der Waals surface area contributed by atoms with Crippen LogP contribution in [-0.2, 0) is 25.8 Å². The molecule has 1 fully saturated rings. The summed E-state index contributed by atoms with van der Waals surface area (Å²) in [6.07, 6.45) is 5.15. The molecule has 0 spiro atoms. The van der Waals surface area contributed by atoms with Crippen molar-refractivity contribution in [2.75, 3.05) is 13.1 Å². The number of nitrogens with one attached hydrogen (secondary N) is 1. The fraction of sp³-hybridized carbons (Fsp3) is 0.579. The molecule has 0 radical (unpaired) electrons. The summed E-state index contributed by atoms with van der Waals surface area (Å²) < 4.78 is 0. The van der Waals surface area contributed by atoms with Gasteiger partial charge in [0, 0.05) is 55.7 Å². The van der Waals surface area contributed by atoms with Gasteiger partial charge in [-0.1, -0.05) is 37.4 Å². The van der Waals surface area contributed by atoms with Crippen LogP contribution in [-0.4, -0.2) is 31.8 Å². The van der Waals surface area contributed by atoms with Crippen molar-refractivity contribution in [2.45, 2.75) is 57.8 Å². The molecule has 1 unspecified atom stereocenters. The molecule has 1 N–H and O–H groups in total. The predicted molar refractivity (Wildman–Crippen MR) is 98.3 cm³/mol. The van der Waals surface area contributed by atoms with E-state index in [0.29, 0.717) is 5.54 Å². The summed E-state index contributed by atoms with van der Waals surface area (Å²) in [5, 5.41) is 0. The minimum absolute atomic E-state index is 0. The van der Waals surface area contributed by atoms with Gasteiger partial charge in [0.2, 0.25) is 0 Å². The molecule has 140 valence electrons. The van der Waals surface area contributed by atoms with Crippen molar-refractivity contribution in [3.63, 3.8) is 0 Å². The van der Waals surface area contributed by atoms with Gasteiger partial charge in [-0.3, -0.25) is 0 Å². The predicted octanol–water partition coefficient (Wildman–Crippen LogP) is -1.64. The van der Waals surface area contributed by atoms with Crippen molar-refractivity contribution in [1.82, 2.24) is 9.88 Å². The van der Waals surface area contributed by atoms with Crippen molar-refractivity contribution in [3.8, 4) is 0 Å². The molecular weight excluding hydrogens is 534 g/mol. The van der Waals surface area contributed by atoms with Gasteiger partial charge in [0.1, 0.15) is 8.24 Å². The second-order valence-corrected chi connectivity index (χ2v) is 12.7. The summed E-state index contributed by atoms with van der Waals surface area (Å²) in [7, 11) is -1.65. The average Bonchev–Trinajstić information content (AvgIpc) is 3.03. The molecule has 1 aromatic carbocycles. The number of hydrogen-bond donors (Lipinski definition) is 1. The maximum absolute atomic E-state index is 4.00. The quantitative estimate of drug-likeness (QED) is 0.444. The van der Waals surface area contributed by atoms with Crippen LogP contribution < -0.4 is 29.8 Å². The summed E-state index contributed by atoms with van der Waals surface area (Å²) in [6, 6.07) is 9.00. The number of likely N-dealkylation sites (tertiary alicyclic amines) is 1. The van der Waals surface area contributed by atoms with Crippen LogP contribution in [0.3, 0.4) is 0 Å². The molecule has 0 bridgehead atoms. The Morgan fingerprint density at radius 3 is 2.16 bits per heavy atom. The van der Waals surface area contributed by atoms with Crippen LogP contribution in [0.1, 0.15) is 50.3 Å². The molecule has 0 aromatic heterocycles. The van der Waals surface area contributed by atoms with Crippen molar-refractivity contribution in [2.24, 2.45) is 0 Å². The zero-order chi connectivity index (χ0) is 16.0. The first-order valence-electron chi connectivity index (χ1n) is 8.63. The Balaban J connectivity index is 0.00000192. The Kier molecular flexibility index (Phi) is 9.69. The maximum atomic E-state index is 4.00. The standard InChI is InChI=1S/C19H30N2Si.2ClH.Hf/c1-19(2,3)20-22(4,5)18-16-11-7-6-10-15(16)14-17(18)21-12-8-9-13-21;;;/h6-7,10-11,14,18,20H,8-9,12-13H2,1-5H3;2*1H;/p-2. The normalized spacial score (nSPS) is 19.3. The molecule has 3 rings (SSSR count). The topological polar surface area (TPSA) is 15.3 Å². The zero-order valence-electron chi connectivity index (χ0n) is 16.0. The second-order valence-electron chi connectivity index (χ2n) is 8.42. The fourth-order valence-corrected chi connectivity index (χ4v) is 8.48. The molecule has 1 heterocycles. The minimum Gasteiger partial charge on any atom is -1.00 e. The van der Waals surface area contributed by atoms with Crippen LogP contribution in [0.25, 0.3) is 6.08 Å². The van der Waals surface area contributed by atoms with Crippen LogP contribution in [0.5, 0.6) is 0 Å². The smallest absolute Gasteiger partial charge is 0.133 e. The van der Waals surface area contributed by atoms with E-state index in [1.165, 1.54) is 37.1 Å². The molecule has 2 nitrogen and oxygen atoms in total. The number of hydrogen-bond acceptors (Lipinski definition) is 2. The monoisotopic (exact) mass is 564 g/mol. The molecule has 1 atom stereocenters. The van der Waals surface area contributed by atoms with E-state index in [4.69, 9.17) is 0 Å². The number of halogens is 2. The summed E-state index contributed by atoms with van der Waals surface area (Å²) in [4.78, 5) is 6.65. The van der Waals surface area contributed by atoms with Crippen LogP contribution in [0.15, 0.2) is 30.0 Å². The van der Waals surface area contributed by atoms with Gasteiger partial charge >= 0.3 is 0 Å². The third-order valence-corrected chi connectivity index (χ3v) is 8.24. The Labute approximate surface area is 185 Å². The molecule has 2 aliphatic rings. The average molecular weight is 564 g/mol. The Hall–Kier alpha value is 0.387. The largest absolute Gasteiger partial charge is 1.00 e. The first-order chi connectivity index (χ1) is 10.3. The Morgan fingerprint density at radius 1 is 1.04 bits per heavy atom. The van der Waals surface area contributed by atoms with Gasteiger partial charge in [-0.15, -0.1) is 0 Å². The van der Waals surface area contributed by atoms with Crippen molar-refractivity contribution < 1.29 is 50.7 Å². The number of fused-ring (bicyclic) bond motifs is 1. The molecular formula is C19H30Cl2HfN2Si-2. The molecule has 25 heavy (non-hydrogen) atoms.